The van der Waals surface area contributed by atoms with Crippen LogP contribution in [0.5, 0.6) is 0 Å². The van der Waals surface area contributed by atoms with Crippen molar-refractivity contribution in [3.8, 4) is 0 Å². The third-order valence-electron chi connectivity index (χ3n) is 2.68. The van der Waals surface area contributed by atoms with E-state index in [2.05, 4.69) is 79.7 Å². The molecule has 0 bridgehead atoms. The number of halogens is 1. The van der Waals surface area contributed by atoms with Crippen molar-refractivity contribution in [1.29, 1.82) is 0 Å². The van der Waals surface area contributed by atoms with E-state index in [0.717, 1.165) is 19.0 Å². The van der Waals surface area contributed by atoms with E-state index in [1.165, 1.54) is 11.1 Å². The molecule has 0 heterocycles. The fourth-order valence-corrected chi connectivity index (χ4v) is 1.96. The Morgan fingerprint density at radius 1 is 1.24 bits per heavy atom. The minimum absolute atomic E-state index is 0. The van der Waals surface area contributed by atoms with Gasteiger partial charge in [0.25, 0.3) is 0 Å². The molecule has 1 aromatic carbocycles. The summed E-state index contributed by atoms with van der Waals surface area (Å²) < 4.78 is 0. The molecule has 0 unspecified atom stereocenters. The molecule has 0 aliphatic rings. The zero-order chi connectivity index (χ0) is 15.0. The van der Waals surface area contributed by atoms with Crippen LogP contribution in [0.3, 0.4) is 0 Å². The Bertz CT molecular complexity index is 430. The maximum atomic E-state index is 4.62. The summed E-state index contributed by atoms with van der Waals surface area (Å²) in [4.78, 5) is 6.80. The second-order valence-electron chi connectivity index (χ2n) is 5.55. The molecule has 1 aromatic rings. The van der Waals surface area contributed by atoms with E-state index in [0.29, 0.717) is 12.6 Å². The van der Waals surface area contributed by atoms with Gasteiger partial charge in [-0.3, -0.25) is 0 Å². The summed E-state index contributed by atoms with van der Waals surface area (Å²) >= 11 is 0. The van der Waals surface area contributed by atoms with Gasteiger partial charge in [-0.15, -0.1) is 24.0 Å². The minimum atomic E-state index is 0. The fourth-order valence-electron chi connectivity index (χ4n) is 1.96. The molecule has 0 spiro atoms. The van der Waals surface area contributed by atoms with Crippen LogP contribution in [0, 0.1) is 0 Å². The van der Waals surface area contributed by atoms with Gasteiger partial charge in [-0.25, -0.2) is 4.99 Å². The van der Waals surface area contributed by atoms with Gasteiger partial charge >= 0.3 is 0 Å². The van der Waals surface area contributed by atoms with Gasteiger partial charge in [-0.2, -0.15) is 0 Å². The maximum Gasteiger partial charge on any atom is 0.191 e. The van der Waals surface area contributed by atoms with Gasteiger partial charge < -0.3 is 15.5 Å². The number of aliphatic imine (C=N–C) groups is 1. The van der Waals surface area contributed by atoms with Gasteiger partial charge in [0.1, 0.15) is 0 Å². The number of nitrogens with zero attached hydrogens (tertiary/aromatic N) is 2. The number of benzene rings is 1. The first-order chi connectivity index (χ1) is 9.51. The van der Waals surface area contributed by atoms with E-state index in [1.54, 1.807) is 0 Å². The lowest BCUT2D eigenvalue weighted by atomic mass is 10.1. The molecule has 0 saturated heterocycles. The van der Waals surface area contributed by atoms with Crippen LogP contribution in [0.25, 0.3) is 0 Å². The van der Waals surface area contributed by atoms with Gasteiger partial charge in [-0.05, 0) is 46.0 Å². The van der Waals surface area contributed by atoms with Gasteiger partial charge in [-0.1, -0.05) is 24.3 Å². The van der Waals surface area contributed by atoms with Crippen LogP contribution >= 0.6 is 24.0 Å². The minimum Gasteiger partial charge on any atom is -0.357 e. The van der Waals surface area contributed by atoms with Crippen molar-refractivity contribution in [2.75, 3.05) is 20.6 Å². The van der Waals surface area contributed by atoms with Gasteiger partial charge in [0.05, 0.1) is 6.54 Å². The molecule has 0 aliphatic carbocycles. The number of rotatable bonds is 6. The molecule has 0 fully saturated rings. The molecule has 0 radical (unpaired) electrons. The van der Waals surface area contributed by atoms with E-state index < -0.39 is 0 Å². The molecule has 0 aliphatic heterocycles. The van der Waals surface area contributed by atoms with Crippen LogP contribution in [0.4, 0.5) is 0 Å². The third kappa shape index (κ3) is 8.93. The highest BCUT2D eigenvalue weighted by Crippen LogP contribution is 2.08. The van der Waals surface area contributed by atoms with E-state index in [9.17, 15) is 0 Å². The van der Waals surface area contributed by atoms with Crippen molar-refractivity contribution in [2.45, 2.75) is 39.9 Å². The van der Waals surface area contributed by atoms with Crippen LogP contribution in [0.1, 0.15) is 31.9 Å². The quantitative estimate of drug-likeness (QED) is 0.435. The Kier molecular flexibility index (Phi) is 10.4. The summed E-state index contributed by atoms with van der Waals surface area (Å²) in [5, 5.41) is 6.59. The Hall–Kier alpha value is -0.820. The average Bonchev–Trinajstić information content (AvgIpc) is 2.35. The molecule has 0 saturated carbocycles. The standard InChI is InChI=1S/C16H28N4.HI/c1-6-17-16(19-13(2)3)18-11-14-8-7-9-15(10-14)12-20(4)5;/h7-10,13H,6,11-12H2,1-5H3,(H2,17,18,19);1H. The lowest BCUT2D eigenvalue weighted by molar-refractivity contribution is 0.402. The number of hydrogen-bond acceptors (Lipinski definition) is 2. The second kappa shape index (κ2) is 10.8. The number of hydrogen-bond donors (Lipinski definition) is 2. The lowest BCUT2D eigenvalue weighted by Gasteiger charge is -2.14. The smallest absolute Gasteiger partial charge is 0.191 e. The van der Waals surface area contributed by atoms with Crippen LogP contribution in [0.2, 0.25) is 0 Å². The highest BCUT2D eigenvalue weighted by atomic mass is 127. The van der Waals surface area contributed by atoms with E-state index in [-0.39, 0.29) is 24.0 Å². The Morgan fingerprint density at radius 2 is 1.90 bits per heavy atom. The largest absolute Gasteiger partial charge is 0.357 e. The summed E-state index contributed by atoms with van der Waals surface area (Å²) in [6, 6.07) is 8.99. The summed E-state index contributed by atoms with van der Waals surface area (Å²) in [5.74, 6) is 0.875. The summed E-state index contributed by atoms with van der Waals surface area (Å²) in [6.07, 6.45) is 0. The van der Waals surface area contributed by atoms with Gasteiger partial charge in [0.2, 0.25) is 0 Å². The zero-order valence-corrected chi connectivity index (χ0v) is 16.1. The third-order valence-corrected chi connectivity index (χ3v) is 2.68. The van der Waals surface area contributed by atoms with Crippen LogP contribution in [-0.4, -0.2) is 37.5 Å². The van der Waals surface area contributed by atoms with Crippen molar-refractivity contribution in [1.82, 2.24) is 15.5 Å². The van der Waals surface area contributed by atoms with Gasteiger partial charge in [0, 0.05) is 19.1 Å². The van der Waals surface area contributed by atoms with Crippen molar-refractivity contribution >= 4 is 29.9 Å². The monoisotopic (exact) mass is 404 g/mol. The zero-order valence-electron chi connectivity index (χ0n) is 13.8. The molecule has 0 aromatic heterocycles. The molecule has 2 N–H and O–H groups in total. The molecule has 1 rings (SSSR count). The number of nitrogens with one attached hydrogen (secondary N) is 2. The predicted octanol–water partition coefficient (Wildman–Crippen LogP) is 2.83. The SMILES string of the molecule is CCNC(=NCc1cccc(CN(C)C)c1)NC(C)C.I. The predicted molar refractivity (Wildman–Crippen MR) is 102 cm³/mol. The van der Waals surface area contributed by atoms with E-state index in [1.807, 2.05) is 0 Å². The summed E-state index contributed by atoms with van der Waals surface area (Å²) in [6.45, 7) is 8.84. The first-order valence-electron chi connectivity index (χ1n) is 7.28. The van der Waals surface area contributed by atoms with Crippen molar-refractivity contribution < 1.29 is 0 Å². The molecule has 21 heavy (non-hydrogen) atoms. The van der Waals surface area contributed by atoms with Gasteiger partial charge in [0.15, 0.2) is 5.96 Å². The van der Waals surface area contributed by atoms with Crippen molar-refractivity contribution in [3.63, 3.8) is 0 Å². The van der Waals surface area contributed by atoms with E-state index >= 15 is 0 Å². The second-order valence-corrected chi connectivity index (χ2v) is 5.55. The molecule has 0 atom stereocenters. The average molecular weight is 404 g/mol. The summed E-state index contributed by atoms with van der Waals surface area (Å²) in [5.41, 5.74) is 2.56. The topological polar surface area (TPSA) is 39.7 Å². The highest BCUT2D eigenvalue weighted by Gasteiger charge is 2.01. The Labute approximate surface area is 146 Å². The normalized spacial score (nSPS) is 11.5. The first kappa shape index (κ1) is 20.2. The van der Waals surface area contributed by atoms with Crippen LogP contribution in [0.15, 0.2) is 29.3 Å². The van der Waals surface area contributed by atoms with Crippen molar-refractivity contribution in [2.24, 2.45) is 4.99 Å². The lowest BCUT2D eigenvalue weighted by Crippen LogP contribution is -2.41. The first-order valence-corrected chi connectivity index (χ1v) is 7.28. The fraction of sp³-hybridized carbons (Fsp3) is 0.562. The Morgan fingerprint density at radius 3 is 2.48 bits per heavy atom. The molecular weight excluding hydrogens is 375 g/mol. The van der Waals surface area contributed by atoms with E-state index in [4.69, 9.17) is 0 Å². The maximum absolute atomic E-state index is 4.62. The van der Waals surface area contributed by atoms with Crippen molar-refractivity contribution in [3.05, 3.63) is 35.4 Å². The molecule has 4 nitrogen and oxygen atoms in total. The molecule has 5 heteroatoms. The molecular formula is C16H29IN4. The van der Waals surface area contributed by atoms with Crippen LogP contribution < -0.4 is 10.6 Å². The summed E-state index contributed by atoms with van der Waals surface area (Å²) in [7, 11) is 4.17. The highest BCUT2D eigenvalue weighted by molar-refractivity contribution is 14.0. The van der Waals surface area contributed by atoms with Crippen LogP contribution in [-0.2, 0) is 13.1 Å². The Balaban J connectivity index is 0.00000400. The molecule has 0 amide bonds. The molecule has 120 valence electrons. The number of guanidine groups is 1.